The van der Waals surface area contributed by atoms with Crippen LogP contribution in [0.5, 0.6) is 0 Å². The van der Waals surface area contributed by atoms with E-state index in [1.54, 1.807) is 25.4 Å². The van der Waals surface area contributed by atoms with Gasteiger partial charge in [-0.2, -0.15) is 0 Å². The molecule has 1 aliphatic rings. The van der Waals surface area contributed by atoms with Crippen LogP contribution < -0.4 is 16.0 Å². The Kier molecular flexibility index (Phi) is 9.47. The maximum absolute atomic E-state index is 13.1. The highest BCUT2D eigenvalue weighted by atomic mass is 127. The number of rotatable bonds is 6. The van der Waals surface area contributed by atoms with E-state index in [9.17, 15) is 9.18 Å². The number of benzene rings is 1. The molecule has 1 amide bonds. The number of piperidine rings is 1. The lowest BCUT2D eigenvalue weighted by molar-refractivity contribution is -0.122. The fourth-order valence-electron chi connectivity index (χ4n) is 3.73. The van der Waals surface area contributed by atoms with Gasteiger partial charge in [0.15, 0.2) is 5.96 Å². The van der Waals surface area contributed by atoms with Crippen LogP contribution in [-0.4, -0.2) is 48.9 Å². The van der Waals surface area contributed by atoms with Gasteiger partial charge in [0.25, 0.3) is 0 Å². The molecule has 1 aliphatic heterocycles. The number of nitrogens with two attached hydrogens (primary N) is 1. The molecular formula is C22H30FIN6O. The van der Waals surface area contributed by atoms with E-state index in [0.29, 0.717) is 13.1 Å². The van der Waals surface area contributed by atoms with E-state index in [0.717, 1.165) is 48.8 Å². The predicted octanol–water partition coefficient (Wildman–Crippen LogP) is 2.75. The summed E-state index contributed by atoms with van der Waals surface area (Å²) in [5.41, 5.74) is 7.51. The van der Waals surface area contributed by atoms with E-state index in [4.69, 9.17) is 5.73 Å². The van der Waals surface area contributed by atoms with Gasteiger partial charge in [0, 0.05) is 58.0 Å². The van der Waals surface area contributed by atoms with E-state index in [1.165, 1.54) is 12.1 Å². The normalized spacial score (nSPS) is 14.7. The van der Waals surface area contributed by atoms with Gasteiger partial charge in [-0.15, -0.1) is 24.0 Å². The zero-order valence-electron chi connectivity index (χ0n) is 17.9. The summed E-state index contributed by atoms with van der Waals surface area (Å²) < 4.78 is 13.1. The van der Waals surface area contributed by atoms with Gasteiger partial charge in [0.1, 0.15) is 11.6 Å². The molecule has 2 heterocycles. The molecule has 3 rings (SSSR count). The van der Waals surface area contributed by atoms with Crippen LogP contribution >= 0.6 is 24.0 Å². The molecule has 0 radical (unpaired) electrons. The summed E-state index contributed by atoms with van der Waals surface area (Å²) in [7, 11) is 3.68. The molecule has 1 aromatic carbocycles. The van der Waals surface area contributed by atoms with Gasteiger partial charge >= 0.3 is 0 Å². The monoisotopic (exact) mass is 540 g/mol. The maximum atomic E-state index is 13.1. The number of anilines is 1. The Morgan fingerprint density at radius 1 is 1.29 bits per heavy atom. The molecule has 168 valence electrons. The summed E-state index contributed by atoms with van der Waals surface area (Å²) in [5, 5.41) is 3.38. The predicted molar refractivity (Wildman–Crippen MR) is 132 cm³/mol. The van der Waals surface area contributed by atoms with Crippen LogP contribution in [-0.2, 0) is 17.9 Å². The number of hydrogen-bond acceptors (Lipinski definition) is 4. The first-order chi connectivity index (χ1) is 14.5. The summed E-state index contributed by atoms with van der Waals surface area (Å²) in [6, 6.07) is 10.4. The molecule has 0 atom stereocenters. The van der Waals surface area contributed by atoms with Crippen molar-refractivity contribution in [1.82, 2.24) is 15.2 Å². The third-order valence-corrected chi connectivity index (χ3v) is 5.41. The largest absolute Gasteiger partial charge is 0.369 e. The number of aromatic nitrogens is 1. The lowest BCUT2D eigenvalue weighted by atomic mass is 9.96. The lowest BCUT2D eigenvalue weighted by Crippen LogP contribution is -2.40. The zero-order valence-corrected chi connectivity index (χ0v) is 20.3. The van der Waals surface area contributed by atoms with Crippen LogP contribution in [0.3, 0.4) is 0 Å². The minimum Gasteiger partial charge on any atom is -0.369 e. The van der Waals surface area contributed by atoms with Crippen molar-refractivity contribution in [3.05, 3.63) is 59.5 Å². The van der Waals surface area contributed by atoms with Crippen molar-refractivity contribution in [3.8, 4) is 0 Å². The fourth-order valence-corrected chi connectivity index (χ4v) is 3.73. The second-order valence-corrected chi connectivity index (χ2v) is 7.53. The molecule has 1 fully saturated rings. The zero-order chi connectivity index (χ0) is 21.5. The van der Waals surface area contributed by atoms with Crippen molar-refractivity contribution in [2.75, 3.05) is 32.1 Å². The van der Waals surface area contributed by atoms with E-state index >= 15 is 0 Å². The highest BCUT2D eigenvalue weighted by molar-refractivity contribution is 14.0. The molecule has 1 aromatic heterocycles. The number of amides is 1. The van der Waals surface area contributed by atoms with Crippen LogP contribution in [0.4, 0.5) is 10.2 Å². The van der Waals surface area contributed by atoms with Gasteiger partial charge < -0.3 is 20.9 Å². The van der Waals surface area contributed by atoms with Crippen molar-refractivity contribution >= 4 is 41.7 Å². The van der Waals surface area contributed by atoms with E-state index in [-0.39, 0.29) is 41.6 Å². The summed E-state index contributed by atoms with van der Waals surface area (Å²) >= 11 is 0. The lowest BCUT2D eigenvalue weighted by Gasteiger charge is -2.32. The molecule has 3 N–H and O–H groups in total. The molecular weight excluding hydrogens is 510 g/mol. The number of nitrogens with one attached hydrogen (secondary N) is 1. The van der Waals surface area contributed by atoms with Crippen LogP contribution in [0.25, 0.3) is 0 Å². The third kappa shape index (κ3) is 6.78. The standard InChI is InChI=1S/C22H29FN6O.HI/c1-25-22(28(2)15-16-5-7-19(23)8-6-16)27-14-18-4-3-11-26-21(18)29-12-9-17(10-13-29)20(24)30;/h3-8,11,17H,9-10,12-15H2,1-2H3,(H2,24,30)(H,25,27);1H. The quantitative estimate of drug-likeness (QED) is 0.335. The Balaban J connectivity index is 0.00000341. The molecule has 2 aromatic rings. The first-order valence-electron chi connectivity index (χ1n) is 10.1. The van der Waals surface area contributed by atoms with Gasteiger partial charge in [-0.05, 0) is 36.6 Å². The van der Waals surface area contributed by atoms with Crippen LogP contribution in [0, 0.1) is 11.7 Å². The number of primary amides is 1. The summed E-state index contributed by atoms with van der Waals surface area (Å²) in [5.74, 6) is 1.15. The SMILES string of the molecule is CN=C(NCc1cccnc1N1CCC(C(N)=O)CC1)N(C)Cc1ccc(F)cc1.I. The molecule has 9 heteroatoms. The first-order valence-corrected chi connectivity index (χ1v) is 10.1. The van der Waals surface area contributed by atoms with Crippen molar-refractivity contribution in [2.24, 2.45) is 16.6 Å². The van der Waals surface area contributed by atoms with Crippen molar-refractivity contribution in [1.29, 1.82) is 0 Å². The average Bonchev–Trinajstić information content (AvgIpc) is 2.76. The molecule has 0 spiro atoms. The number of aliphatic imine (C=N–C) groups is 1. The number of nitrogens with zero attached hydrogens (tertiary/aromatic N) is 4. The van der Waals surface area contributed by atoms with Crippen molar-refractivity contribution < 1.29 is 9.18 Å². The molecule has 0 unspecified atom stereocenters. The smallest absolute Gasteiger partial charge is 0.220 e. The van der Waals surface area contributed by atoms with Crippen molar-refractivity contribution in [3.63, 3.8) is 0 Å². The molecule has 1 saturated heterocycles. The highest BCUT2D eigenvalue weighted by Crippen LogP contribution is 2.24. The molecule has 7 nitrogen and oxygen atoms in total. The Morgan fingerprint density at radius 2 is 1.97 bits per heavy atom. The minimum absolute atomic E-state index is 0. The van der Waals surface area contributed by atoms with E-state index < -0.39 is 0 Å². The third-order valence-electron chi connectivity index (χ3n) is 5.41. The van der Waals surface area contributed by atoms with Gasteiger partial charge in [-0.25, -0.2) is 9.37 Å². The molecule has 31 heavy (non-hydrogen) atoms. The number of halogens is 2. The number of hydrogen-bond donors (Lipinski definition) is 2. The molecule has 0 saturated carbocycles. The highest BCUT2D eigenvalue weighted by Gasteiger charge is 2.25. The second kappa shape index (κ2) is 11.8. The topological polar surface area (TPSA) is 86.9 Å². The minimum atomic E-state index is -0.243. The second-order valence-electron chi connectivity index (χ2n) is 7.53. The number of guanidine groups is 1. The average molecular weight is 540 g/mol. The summed E-state index contributed by atoms with van der Waals surface area (Å²) in [6.07, 6.45) is 3.29. The van der Waals surface area contributed by atoms with Crippen LogP contribution in [0.15, 0.2) is 47.6 Å². The van der Waals surface area contributed by atoms with Crippen LogP contribution in [0.1, 0.15) is 24.0 Å². The summed E-state index contributed by atoms with van der Waals surface area (Å²) in [6.45, 7) is 2.70. The van der Waals surface area contributed by atoms with Gasteiger partial charge in [0.2, 0.25) is 5.91 Å². The number of carbonyl (C=O) groups is 1. The molecule has 0 aliphatic carbocycles. The molecule has 0 bridgehead atoms. The fraction of sp³-hybridized carbons (Fsp3) is 0.409. The first kappa shape index (κ1) is 24.8. The van der Waals surface area contributed by atoms with Crippen molar-refractivity contribution in [2.45, 2.75) is 25.9 Å². The Hall–Kier alpha value is -2.43. The van der Waals surface area contributed by atoms with Gasteiger partial charge in [-0.1, -0.05) is 18.2 Å². The number of pyridine rings is 1. The summed E-state index contributed by atoms with van der Waals surface area (Å²) in [4.78, 5) is 24.6. The van der Waals surface area contributed by atoms with Crippen LogP contribution in [0.2, 0.25) is 0 Å². The Morgan fingerprint density at radius 3 is 2.58 bits per heavy atom. The Labute approximate surface area is 199 Å². The van der Waals surface area contributed by atoms with Gasteiger partial charge in [0.05, 0.1) is 0 Å². The van der Waals surface area contributed by atoms with Gasteiger partial charge in [-0.3, -0.25) is 9.79 Å². The maximum Gasteiger partial charge on any atom is 0.220 e. The Bertz CT molecular complexity index is 884. The van der Waals surface area contributed by atoms with E-state index in [2.05, 4.69) is 20.2 Å². The van der Waals surface area contributed by atoms with E-state index in [1.807, 2.05) is 24.1 Å². The number of carbonyl (C=O) groups excluding carboxylic acids is 1.